The molecule has 1 amide bonds. The molecule has 1 fully saturated rings. The lowest BCUT2D eigenvalue weighted by Gasteiger charge is -2.32. The van der Waals surface area contributed by atoms with Gasteiger partial charge in [-0.15, -0.1) is 6.58 Å². The van der Waals surface area contributed by atoms with E-state index in [0.29, 0.717) is 19.4 Å². The number of piperidine rings is 1. The highest BCUT2D eigenvalue weighted by atomic mass is 19.1. The summed E-state index contributed by atoms with van der Waals surface area (Å²) in [6.45, 7) is 4.89. The number of allylic oxidation sites excluding steroid dienone is 1. The van der Waals surface area contributed by atoms with Crippen LogP contribution in [0.1, 0.15) is 25.7 Å². The Bertz CT molecular complexity index is 464. The monoisotopic (exact) mass is 279 g/mol. The van der Waals surface area contributed by atoms with Crippen molar-refractivity contribution >= 4 is 5.91 Å². The van der Waals surface area contributed by atoms with E-state index in [0.717, 1.165) is 31.8 Å². The summed E-state index contributed by atoms with van der Waals surface area (Å²) in [6, 6.07) is 0.150. The van der Waals surface area contributed by atoms with Gasteiger partial charge in [-0.25, -0.2) is 14.4 Å². The molecule has 0 saturated carbocycles. The third kappa shape index (κ3) is 4.01. The zero-order chi connectivity index (χ0) is 14.4. The molecule has 0 radical (unpaired) electrons. The van der Waals surface area contributed by atoms with Crippen LogP contribution in [-0.4, -0.2) is 40.0 Å². The first-order valence-corrected chi connectivity index (χ1v) is 6.72. The molecule has 0 aromatic carbocycles. The number of carbonyl (C=O) groups is 1. The Morgan fingerprint density at radius 1 is 1.55 bits per heavy atom. The van der Waals surface area contributed by atoms with Crippen LogP contribution in [0.5, 0.6) is 6.01 Å². The summed E-state index contributed by atoms with van der Waals surface area (Å²) in [5.74, 6) is -0.388. The maximum Gasteiger partial charge on any atom is 0.316 e. The van der Waals surface area contributed by atoms with E-state index in [9.17, 15) is 9.18 Å². The van der Waals surface area contributed by atoms with E-state index >= 15 is 0 Å². The third-order valence-electron chi connectivity index (χ3n) is 3.16. The maximum atomic E-state index is 12.7. The summed E-state index contributed by atoms with van der Waals surface area (Å²) >= 11 is 0. The number of halogens is 1. The van der Waals surface area contributed by atoms with Crippen LogP contribution in [0.25, 0.3) is 0 Å². The first-order chi connectivity index (χ1) is 9.69. The fourth-order valence-electron chi connectivity index (χ4n) is 2.15. The van der Waals surface area contributed by atoms with Crippen molar-refractivity contribution in [1.29, 1.82) is 0 Å². The van der Waals surface area contributed by atoms with Gasteiger partial charge >= 0.3 is 6.01 Å². The van der Waals surface area contributed by atoms with E-state index in [4.69, 9.17) is 4.74 Å². The van der Waals surface area contributed by atoms with Gasteiger partial charge in [-0.05, 0) is 19.3 Å². The minimum Gasteiger partial charge on any atom is -0.458 e. The lowest BCUT2D eigenvalue weighted by molar-refractivity contribution is -0.133. The predicted molar refractivity (Wildman–Crippen MR) is 71.7 cm³/mol. The minimum atomic E-state index is -0.498. The smallest absolute Gasteiger partial charge is 0.316 e. The molecule has 108 valence electrons. The second kappa shape index (κ2) is 6.98. The highest BCUT2D eigenvalue weighted by Gasteiger charge is 2.24. The molecule has 5 nitrogen and oxygen atoms in total. The number of likely N-dealkylation sites (tertiary alicyclic amines) is 1. The zero-order valence-electron chi connectivity index (χ0n) is 11.3. The van der Waals surface area contributed by atoms with Crippen molar-refractivity contribution in [2.75, 3.05) is 13.1 Å². The zero-order valence-corrected chi connectivity index (χ0v) is 11.3. The molecule has 2 heterocycles. The Morgan fingerprint density at radius 3 is 3.00 bits per heavy atom. The van der Waals surface area contributed by atoms with Gasteiger partial charge in [0.25, 0.3) is 0 Å². The molecule has 0 spiro atoms. The maximum absolute atomic E-state index is 12.7. The average molecular weight is 279 g/mol. The summed E-state index contributed by atoms with van der Waals surface area (Å²) in [7, 11) is 0. The van der Waals surface area contributed by atoms with Crippen LogP contribution in [-0.2, 0) is 4.79 Å². The van der Waals surface area contributed by atoms with Crippen molar-refractivity contribution in [2.24, 2.45) is 0 Å². The number of hydrogen-bond acceptors (Lipinski definition) is 4. The van der Waals surface area contributed by atoms with E-state index in [2.05, 4.69) is 16.5 Å². The predicted octanol–water partition coefficient (Wildman–Crippen LogP) is 1.95. The SMILES string of the molecule is C=CCCC(=O)N1CCCC(Oc2ncc(F)cn2)C1. The third-order valence-corrected chi connectivity index (χ3v) is 3.16. The molecule has 6 heteroatoms. The Labute approximate surface area is 117 Å². The van der Waals surface area contributed by atoms with Gasteiger partial charge in [0.2, 0.25) is 5.91 Å². The fraction of sp³-hybridized carbons (Fsp3) is 0.500. The molecular weight excluding hydrogens is 261 g/mol. The quantitative estimate of drug-likeness (QED) is 0.773. The molecular formula is C14H18FN3O2. The Hall–Kier alpha value is -1.98. The number of ether oxygens (including phenoxy) is 1. The van der Waals surface area contributed by atoms with E-state index in [1.807, 2.05) is 0 Å². The van der Waals surface area contributed by atoms with Gasteiger partial charge < -0.3 is 9.64 Å². The Morgan fingerprint density at radius 2 is 2.30 bits per heavy atom. The number of hydrogen-bond donors (Lipinski definition) is 0. The van der Waals surface area contributed by atoms with Crippen LogP contribution in [0.2, 0.25) is 0 Å². The highest BCUT2D eigenvalue weighted by Crippen LogP contribution is 2.16. The standard InChI is InChI=1S/C14H18FN3O2/c1-2-3-6-13(19)18-7-4-5-12(10-18)20-14-16-8-11(15)9-17-14/h2,8-9,12H,1,3-7,10H2. The summed E-state index contributed by atoms with van der Waals surface area (Å²) < 4.78 is 18.3. The van der Waals surface area contributed by atoms with E-state index in [-0.39, 0.29) is 18.0 Å². The topological polar surface area (TPSA) is 55.3 Å². The van der Waals surface area contributed by atoms with Gasteiger partial charge in [-0.2, -0.15) is 0 Å². The normalized spacial score (nSPS) is 18.6. The van der Waals surface area contributed by atoms with E-state index in [1.165, 1.54) is 0 Å². The lowest BCUT2D eigenvalue weighted by atomic mass is 10.1. The largest absolute Gasteiger partial charge is 0.458 e. The van der Waals surface area contributed by atoms with Crippen molar-refractivity contribution in [3.05, 3.63) is 30.9 Å². The molecule has 1 unspecified atom stereocenters. The van der Waals surface area contributed by atoms with Crippen molar-refractivity contribution in [1.82, 2.24) is 14.9 Å². The summed E-state index contributed by atoms with van der Waals surface area (Å²) in [4.78, 5) is 21.3. The average Bonchev–Trinajstić information content (AvgIpc) is 2.47. The van der Waals surface area contributed by atoms with Crippen molar-refractivity contribution < 1.29 is 13.9 Å². The first-order valence-electron chi connectivity index (χ1n) is 6.72. The number of carbonyl (C=O) groups excluding carboxylic acids is 1. The van der Waals surface area contributed by atoms with Gasteiger partial charge in [-0.1, -0.05) is 6.08 Å². The minimum absolute atomic E-state index is 0.109. The number of rotatable bonds is 5. The molecule has 1 saturated heterocycles. The molecule has 1 aromatic rings. The van der Waals surface area contributed by atoms with Gasteiger partial charge in [0.15, 0.2) is 5.82 Å². The molecule has 0 aliphatic carbocycles. The van der Waals surface area contributed by atoms with Crippen LogP contribution >= 0.6 is 0 Å². The van der Waals surface area contributed by atoms with Gasteiger partial charge in [0, 0.05) is 13.0 Å². The van der Waals surface area contributed by atoms with Gasteiger partial charge in [0.05, 0.1) is 18.9 Å². The second-order valence-electron chi connectivity index (χ2n) is 4.73. The molecule has 0 bridgehead atoms. The molecule has 0 N–H and O–H groups in total. The Balaban J connectivity index is 1.88. The molecule has 1 aliphatic heterocycles. The van der Waals surface area contributed by atoms with Crippen LogP contribution in [0, 0.1) is 5.82 Å². The highest BCUT2D eigenvalue weighted by molar-refractivity contribution is 5.76. The Kier molecular flexibility index (Phi) is 5.03. The number of aromatic nitrogens is 2. The number of amides is 1. The van der Waals surface area contributed by atoms with Crippen molar-refractivity contribution in [2.45, 2.75) is 31.8 Å². The van der Waals surface area contributed by atoms with E-state index in [1.54, 1.807) is 11.0 Å². The molecule has 1 aromatic heterocycles. The summed E-state index contributed by atoms with van der Waals surface area (Å²) in [5, 5.41) is 0. The molecule has 2 rings (SSSR count). The molecule has 1 atom stereocenters. The molecule has 20 heavy (non-hydrogen) atoms. The lowest BCUT2D eigenvalue weighted by Crippen LogP contribution is -2.44. The van der Waals surface area contributed by atoms with Crippen LogP contribution in [0.3, 0.4) is 0 Å². The summed E-state index contributed by atoms with van der Waals surface area (Å²) in [6.07, 6.45) is 6.61. The van der Waals surface area contributed by atoms with Crippen LogP contribution in [0.15, 0.2) is 25.0 Å². The second-order valence-corrected chi connectivity index (χ2v) is 4.73. The van der Waals surface area contributed by atoms with Crippen molar-refractivity contribution in [3.63, 3.8) is 0 Å². The van der Waals surface area contributed by atoms with Crippen LogP contribution in [0.4, 0.5) is 4.39 Å². The molecule has 1 aliphatic rings. The fourth-order valence-corrected chi connectivity index (χ4v) is 2.15. The van der Waals surface area contributed by atoms with Gasteiger partial charge in [0.1, 0.15) is 6.10 Å². The van der Waals surface area contributed by atoms with Crippen LogP contribution < -0.4 is 4.74 Å². The first kappa shape index (κ1) is 14.4. The van der Waals surface area contributed by atoms with Crippen molar-refractivity contribution in [3.8, 4) is 6.01 Å². The number of nitrogens with zero attached hydrogens (tertiary/aromatic N) is 3. The summed E-state index contributed by atoms with van der Waals surface area (Å²) in [5.41, 5.74) is 0. The van der Waals surface area contributed by atoms with E-state index < -0.39 is 5.82 Å². The van der Waals surface area contributed by atoms with Gasteiger partial charge in [-0.3, -0.25) is 4.79 Å².